The third-order valence-corrected chi connectivity index (χ3v) is 4.84. The molecule has 0 aromatic carbocycles. The Morgan fingerprint density at radius 3 is 2.24 bits per heavy atom. The van der Waals surface area contributed by atoms with Gasteiger partial charge >= 0.3 is 0 Å². The van der Waals surface area contributed by atoms with Crippen LogP contribution in [0.25, 0.3) is 0 Å². The van der Waals surface area contributed by atoms with E-state index >= 15 is 0 Å². The Kier molecular flexibility index (Phi) is 6.39. The van der Waals surface area contributed by atoms with E-state index in [9.17, 15) is 4.79 Å². The van der Waals surface area contributed by atoms with Crippen LogP contribution in [-0.4, -0.2) is 17.7 Å². The summed E-state index contributed by atoms with van der Waals surface area (Å²) in [5, 5.41) is 2.89. The van der Waals surface area contributed by atoms with E-state index in [0.717, 1.165) is 12.5 Å². The molecule has 0 aliphatic heterocycles. The van der Waals surface area contributed by atoms with Gasteiger partial charge in [0, 0.05) is 6.54 Å². The van der Waals surface area contributed by atoms with Crippen LogP contribution in [0.4, 0.5) is 0 Å². The van der Waals surface area contributed by atoms with Crippen molar-refractivity contribution in [3.63, 3.8) is 0 Å². The van der Waals surface area contributed by atoms with E-state index < -0.39 is 0 Å². The SMILES string of the molecule is CCC1CCC(CNC(=O)C(S)C(C)C)CC1. The lowest BCUT2D eigenvalue weighted by molar-refractivity contribution is -0.121. The third-order valence-electron chi connectivity index (χ3n) is 4.01. The summed E-state index contributed by atoms with van der Waals surface area (Å²) in [6.07, 6.45) is 6.54. The number of hydrogen-bond donors (Lipinski definition) is 2. The highest BCUT2D eigenvalue weighted by Gasteiger charge is 2.22. The number of nitrogens with one attached hydrogen (secondary N) is 1. The first-order valence-electron chi connectivity index (χ1n) is 7.00. The molecule has 1 saturated carbocycles. The van der Waals surface area contributed by atoms with Gasteiger partial charge in [0.25, 0.3) is 0 Å². The molecule has 1 aliphatic rings. The van der Waals surface area contributed by atoms with Gasteiger partial charge in [-0.25, -0.2) is 0 Å². The van der Waals surface area contributed by atoms with Crippen molar-refractivity contribution in [2.24, 2.45) is 17.8 Å². The quantitative estimate of drug-likeness (QED) is 0.727. The minimum absolute atomic E-state index is 0.0981. The average molecular weight is 257 g/mol. The molecule has 1 atom stereocenters. The lowest BCUT2D eigenvalue weighted by Crippen LogP contribution is -2.38. The van der Waals surface area contributed by atoms with Gasteiger partial charge < -0.3 is 5.32 Å². The van der Waals surface area contributed by atoms with Crippen LogP contribution in [0.2, 0.25) is 0 Å². The largest absolute Gasteiger partial charge is 0.355 e. The van der Waals surface area contributed by atoms with Crippen molar-refractivity contribution >= 4 is 18.5 Å². The van der Waals surface area contributed by atoms with Crippen molar-refractivity contribution in [3.05, 3.63) is 0 Å². The number of thiol groups is 1. The van der Waals surface area contributed by atoms with Crippen LogP contribution in [0.5, 0.6) is 0 Å². The number of hydrogen-bond acceptors (Lipinski definition) is 2. The summed E-state index contributed by atoms with van der Waals surface area (Å²) in [5.41, 5.74) is 0. The molecule has 100 valence electrons. The normalized spacial score (nSPS) is 26.9. The molecule has 0 saturated heterocycles. The van der Waals surface area contributed by atoms with Gasteiger partial charge in [-0.3, -0.25) is 4.79 Å². The molecular weight excluding hydrogens is 230 g/mol. The van der Waals surface area contributed by atoms with Gasteiger partial charge in [-0.05, 0) is 30.6 Å². The molecular formula is C14H27NOS. The first kappa shape index (κ1) is 14.9. The second-order valence-electron chi connectivity index (χ2n) is 5.73. The molecule has 1 fully saturated rings. The van der Waals surface area contributed by atoms with Gasteiger partial charge in [-0.1, -0.05) is 40.0 Å². The Labute approximate surface area is 111 Å². The zero-order chi connectivity index (χ0) is 12.8. The van der Waals surface area contributed by atoms with Gasteiger partial charge in [0.15, 0.2) is 0 Å². The topological polar surface area (TPSA) is 29.1 Å². The van der Waals surface area contributed by atoms with Crippen LogP contribution in [0.3, 0.4) is 0 Å². The lowest BCUT2D eigenvalue weighted by atomic mass is 9.81. The predicted octanol–water partition coefficient (Wildman–Crippen LogP) is 3.27. The predicted molar refractivity (Wildman–Crippen MR) is 76.4 cm³/mol. The maximum atomic E-state index is 11.8. The molecule has 0 aromatic rings. The summed E-state index contributed by atoms with van der Waals surface area (Å²) in [6.45, 7) is 7.19. The fraction of sp³-hybridized carbons (Fsp3) is 0.929. The van der Waals surface area contributed by atoms with E-state index in [0.29, 0.717) is 11.8 Å². The maximum absolute atomic E-state index is 11.8. The Hall–Kier alpha value is -0.180. The second kappa shape index (κ2) is 7.30. The highest BCUT2D eigenvalue weighted by atomic mass is 32.1. The van der Waals surface area contributed by atoms with Crippen LogP contribution >= 0.6 is 12.6 Å². The van der Waals surface area contributed by atoms with Crippen molar-refractivity contribution in [2.45, 2.75) is 58.1 Å². The van der Waals surface area contributed by atoms with E-state index in [1.54, 1.807) is 0 Å². The monoisotopic (exact) mass is 257 g/mol. The number of carbonyl (C=O) groups excluding carboxylic acids is 1. The van der Waals surface area contributed by atoms with E-state index in [1.807, 2.05) is 13.8 Å². The molecule has 1 aliphatic carbocycles. The van der Waals surface area contributed by atoms with Crippen molar-refractivity contribution in [1.29, 1.82) is 0 Å². The standard InChI is InChI=1S/C14H27NOS/c1-4-11-5-7-12(8-6-11)9-15-14(16)13(17)10(2)3/h10-13,17H,4-9H2,1-3H3,(H,15,16). The Morgan fingerprint density at radius 2 is 1.76 bits per heavy atom. The minimum Gasteiger partial charge on any atom is -0.355 e. The van der Waals surface area contributed by atoms with Crippen LogP contribution in [0.15, 0.2) is 0 Å². The highest BCUT2D eigenvalue weighted by molar-refractivity contribution is 7.81. The molecule has 0 bridgehead atoms. The van der Waals surface area contributed by atoms with Crippen LogP contribution in [-0.2, 0) is 4.79 Å². The fourth-order valence-electron chi connectivity index (χ4n) is 2.50. The molecule has 1 N–H and O–H groups in total. The van der Waals surface area contributed by atoms with E-state index in [4.69, 9.17) is 0 Å². The zero-order valence-corrected chi connectivity index (χ0v) is 12.3. The molecule has 1 rings (SSSR count). The average Bonchev–Trinajstić information content (AvgIpc) is 2.35. The smallest absolute Gasteiger partial charge is 0.233 e. The molecule has 2 nitrogen and oxygen atoms in total. The molecule has 0 radical (unpaired) electrons. The van der Waals surface area contributed by atoms with Crippen LogP contribution in [0.1, 0.15) is 52.9 Å². The van der Waals surface area contributed by atoms with Crippen molar-refractivity contribution in [2.75, 3.05) is 6.54 Å². The molecule has 0 aromatic heterocycles. The number of amides is 1. The van der Waals surface area contributed by atoms with Gasteiger partial charge in [0.2, 0.25) is 5.91 Å². The third kappa shape index (κ3) is 4.90. The Balaban J connectivity index is 2.21. The molecule has 1 unspecified atom stereocenters. The van der Waals surface area contributed by atoms with Gasteiger partial charge in [0.1, 0.15) is 0 Å². The number of rotatable bonds is 5. The first-order chi connectivity index (χ1) is 8.04. The molecule has 1 amide bonds. The summed E-state index contributed by atoms with van der Waals surface area (Å²) in [7, 11) is 0. The summed E-state index contributed by atoms with van der Waals surface area (Å²) >= 11 is 4.34. The van der Waals surface area contributed by atoms with Crippen LogP contribution < -0.4 is 5.32 Å². The number of carbonyl (C=O) groups is 1. The summed E-state index contributed by atoms with van der Waals surface area (Å²) in [6, 6.07) is 0. The Bertz CT molecular complexity index is 234. The molecule has 0 heterocycles. The Morgan fingerprint density at radius 1 is 1.24 bits per heavy atom. The van der Waals surface area contributed by atoms with E-state index in [2.05, 4.69) is 24.9 Å². The maximum Gasteiger partial charge on any atom is 0.233 e. The summed E-state index contributed by atoms with van der Waals surface area (Å²) < 4.78 is 0. The summed E-state index contributed by atoms with van der Waals surface area (Å²) in [4.78, 5) is 11.8. The fourth-order valence-corrected chi connectivity index (χ4v) is 2.59. The second-order valence-corrected chi connectivity index (χ2v) is 6.29. The molecule has 17 heavy (non-hydrogen) atoms. The van der Waals surface area contributed by atoms with Crippen LogP contribution in [0, 0.1) is 17.8 Å². The molecule has 0 spiro atoms. The van der Waals surface area contributed by atoms with Gasteiger partial charge in [-0.2, -0.15) is 12.6 Å². The molecule has 3 heteroatoms. The highest BCUT2D eigenvalue weighted by Crippen LogP contribution is 2.30. The van der Waals surface area contributed by atoms with Crippen molar-refractivity contribution in [3.8, 4) is 0 Å². The van der Waals surface area contributed by atoms with Crippen molar-refractivity contribution < 1.29 is 4.79 Å². The van der Waals surface area contributed by atoms with E-state index in [-0.39, 0.29) is 11.2 Å². The van der Waals surface area contributed by atoms with Crippen molar-refractivity contribution in [1.82, 2.24) is 5.32 Å². The minimum atomic E-state index is -0.165. The first-order valence-corrected chi connectivity index (χ1v) is 7.52. The van der Waals surface area contributed by atoms with Gasteiger partial charge in [-0.15, -0.1) is 0 Å². The lowest BCUT2D eigenvalue weighted by Gasteiger charge is -2.28. The van der Waals surface area contributed by atoms with Gasteiger partial charge in [0.05, 0.1) is 5.25 Å². The summed E-state index contributed by atoms with van der Waals surface area (Å²) in [5.74, 6) is 2.01. The zero-order valence-electron chi connectivity index (χ0n) is 11.4. The van der Waals surface area contributed by atoms with E-state index in [1.165, 1.54) is 32.1 Å².